The fourth-order valence-corrected chi connectivity index (χ4v) is 2.38. The summed E-state index contributed by atoms with van der Waals surface area (Å²) in [7, 11) is 0. The summed E-state index contributed by atoms with van der Waals surface area (Å²) in [4.78, 5) is 0. The Balaban J connectivity index is 2.83. The molecule has 2 N–H and O–H groups in total. The van der Waals surface area contributed by atoms with E-state index >= 15 is 0 Å². The second-order valence-corrected chi connectivity index (χ2v) is 4.18. The summed E-state index contributed by atoms with van der Waals surface area (Å²) in [6.07, 6.45) is 3.48. The number of hydrogen-bond acceptors (Lipinski definition) is 2. The summed E-state index contributed by atoms with van der Waals surface area (Å²) in [5, 5.41) is 18.5. The maximum atomic E-state index is 9.60. The van der Waals surface area contributed by atoms with Crippen molar-refractivity contribution in [1.29, 1.82) is 0 Å². The fourth-order valence-electron chi connectivity index (χ4n) is 2.38. The van der Waals surface area contributed by atoms with Crippen molar-refractivity contribution in [3.8, 4) is 0 Å². The van der Waals surface area contributed by atoms with Gasteiger partial charge < -0.3 is 10.2 Å². The van der Waals surface area contributed by atoms with Crippen LogP contribution in [0, 0.1) is 11.8 Å². The highest BCUT2D eigenvalue weighted by Crippen LogP contribution is 2.38. The molecule has 2 nitrogen and oxygen atoms in total. The molecule has 0 aromatic heterocycles. The molecule has 1 rings (SSSR count). The van der Waals surface area contributed by atoms with E-state index < -0.39 is 0 Å². The molecule has 0 bridgehead atoms. The molecule has 1 fully saturated rings. The van der Waals surface area contributed by atoms with E-state index in [0.29, 0.717) is 11.8 Å². The first-order valence-corrected chi connectivity index (χ1v) is 5.25. The Morgan fingerprint density at radius 2 is 2.29 bits per heavy atom. The van der Waals surface area contributed by atoms with E-state index in [1.165, 1.54) is 0 Å². The summed E-state index contributed by atoms with van der Waals surface area (Å²) >= 11 is 0. The lowest BCUT2D eigenvalue weighted by Gasteiger charge is -2.34. The highest BCUT2D eigenvalue weighted by atomic mass is 16.3. The van der Waals surface area contributed by atoms with Crippen LogP contribution in [0.4, 0.5) is 0 Å². The molecule has 3 atom stereocenters. The average molecular weight is 196 g/mol. The third kappa shape index (κ3) is 2.25. The van der Waals surface area contributed by atoms with Gasteiger partial charge in [0.2, 0.25) is 0 Å². The van der Waals surface area contributed by atoms with Gasteiger partial charge in [-0.3, -0.25) is 0 Å². The first-order valence-electron chi connectivity index (χ1n) is 5.25. The smallest absolute Gasteiger partial charge is 0.0618 e. The van der Waals surface area contributed by atoms with Crippen molar-refractivity contribution >= 4 is 0 Å². The molecular weight excluding hydrogens is 176 g/mol. The largest absolute Gasteiger partial charge is 0.393 e. The highest BCUT2D eigenvalue weighted by molar-refractivity contribution is 5.33. The standard InChI is InChI=1S/C12H20O2/c1-8-4-5-12(10(3)14)9(2)11(8)6-7-13/h6,9-10,12-14H,1,4-5,7H2,2-3H3/b11-6+. The molecule has 0 aliphatic heterocycles. The van der Waals surface area contributed by atoms with E-state index in [2.05, 4.69) is 13.5 Å². The van der Waals surface area contributed by atoms with Crippen LogP contribution in [0.3, 0.4) is 0 Å². The number of hydrogen-bond donors (Lipinski definition) is 2. The maximum absolute atomic E-state index is 9.60. The number of rotatable bonds is 2. The molecule has 0 saturated heterocycles. The van der Waals surface area contributed by atoms with Gasteiger partial charge in [-0.15, -0.1) is 0 Å². The third-order valence-corrected chi connectivity index (χ3v) is 3.25. The minimum atomic E-state index is -0.278. The maximum Gasteiger partial charge on any atom is 0.0618 e. The fraction of sp³-hybridized carbons (Fsp3) is 0.667. The van der Waals surface area contributed by atoms with Crippen LogP contribution in [0.25, 0.3) is 0 Å². The van der Waals surface area contributed by atoms with Gasteiger partial charge in [-0.2, -0.15) is 0 Å². The minimum absolute atomic E-state index is 0.0607. The van der Waals surface area contributed by atoms with Gasteiger partial charge in [-0.1, -0.05) is 25.2 Å². The second-order valence-electron chi connectivity index (χ2n) is 4.18. The third-order valence-electron chi connectivity index (χ3n) is 3.25. The number of aliphatic hydroxyl groups is 2. The van der Waals surface area contributed by atoms with Crippen LogP contribution < -0.4 is 0 Å². The van der Waals surface area contributed by atoms with Crippen molar-refractivity contribution in [1.82, 2.24) is 0 Å². The van der Waals surface area contributed by atoms with Crippen molar-refractivity contribution in [2.75, 3.05) is 6.61 Å². The Morgan fingerprint density at radius 1 is 1.64 bits per heavy atom. The van der Waals surface area contributed by atoms with Gasteiger partial charge in [-0.25, -0.2) is 0 Å². The Hall–Kier alpha value is -0.600. The molecule has 1 saturated carbocycles. The van der Waals surface area contributed by atoms with Gasteiger partial charge >= 0.3 is 0 Å². The van der Waals surface area contributed by atoms with E-state index in [-0.39, 0.29) is 12.7 Å². The molecule has 0 amide bonds. The van der Waals surface area contributed by atoms with Crippen LogP contribution in [0.5, 0.6) is 0 Å². The Morgan fingerprint density at radius 3 is 2.79 bits per heavy atom. The molecule has 80 valence electrons. The summed E-state index contributed by atoms with van der Waals surface area (Å²) < 4.78 is 0. The van der Waals surface area contributed by atoms with E-state index in [1.54, 1.807) is 0 Å². The average Bonchev–Trinajstić information content (AvgIpc) is 2.11. The quantitative estimate of drug-likeness (QED) is 0.708. The summed E-state index contributed by atoms with van der Waals surface area (Å²) in [5.41, 5.74) is 2.24. The molecule has 0 heterocycles. The van der Waals surface area contributed by atoms with Crippen molar-refractivity contribution in [2.24, 2.45) is 11.8 Å². The van der Waals surface area contributed by atoms with Crippen molar-refractivity contribution in [3.05, 3.63) is 23.8 Å². The van der Waals surface area contributed by atoms with Crippen LogP contribution in [-0.4, -0.2) is 22.9 Å². The Bertz CT molecular complexity index is 241. The molecule has 0 spiro atoms. The van der Waals surface area contributed by atoms with Crippen molar-refractivity contribution < 1.29 is 10.2 Å². The Kier molecular flexibility index (Phi) is 3.90. The van der Waals surface area contributed by atoms with Gasteiger partial charge in [0.05, 0.1) is 12.7 Å². The molecule has 1 aliphatic rings. The second kappa shape index (κ2) is 4.76. The summed E-state index contributed by atoms with van der Waals surface area (Å²) in [6, 6.07) is 0. The van der Waals surface area contributed by atoms with Gasteiger partial charge in [-0.05, 0) is 37.2 Å². The van der Waals surface area contributed by atoms with Crippen molar-refractivity contribution in [2.45, 2.75) is 32.8 Å². The first-order chi connectivity index (χ1) is 6.57. The van der Waals surface area contributed by atoms with Gasteiger partial charge in [0, 0.05) is 0 Å². The van der Waals surface area contributed by atoms with Crippen LogP contribution in [0.1, 0.15) is 26.7 Å². The van der Waals surface area contributed by atoms with Gasteiger partial charge in [0.25, 0.3) is 0 Å². The predicted octanol–water partition coefficient (Wildman–Crippen LogP) is 1.89. The number of aliphatic hydroxyl groups excluding tert-OH is 2. The van der Waals surface area contributed by atoms with Gasteiger partial charge in [0.1, 0.15) is 0 Å². The Labute approximate surface area is 86.0 Å². The zero-order valence-electron chi connectivity index (χ0n) is 9.03. The summed E-state index contributed by atoms with van der Waals surface area (Å²) in [6.45, 7) is 8.00. The van der Waals surface area contributed by atoms with Crippen LogP contribution >= 0.6 is 0 Å². The molecule has 3 unspecified atom stereocenters. The number of allylic oxidation sites excluding steroid dienone is 2. The molecular formula is C12H20O2. The molecule has 0 radical (unpaired) electrons. The molecule has 0 aromatic carbocycles. The minimum Gasteiger partial charge on any atom is -0.393 e. The molecule has 2 heteroatoms. The lowest BCUT2D eigenvalue weighted by atomic mass is 9.72. The van der Waals surface area contributed by atoms with E-state index in [1.807, 2.05) is 13.0 Å². The zero-order valence-corrected chi connectivity index (χ0v) is 9.03. The topological polar surface area (TPSA) is 40.5 Å². The van der Waals surface area contributed by atoms with E-state index in [9.17, 15) is 5.11 Å². The van der Waals surface area contributed by atoms with Crippen LogP contribution in [0.2, 0.25) is 0 Å². The molecule has 14 heavy (non-hydrogen) atoms. The monoisotopic (exact) mass is 196 g/mol. The van der Waals surface area contributed by atoms with Crippen molar-refractivity contribution in [3.63, 3.8) is 0 Å². The van der Waals surface area contributed by atoms with E-state index in [4.69, 9.17) is 5.11 Å². The lowest BCUT2D eigenvalue weighted by molar-refractivity contribution is 0.0913. The van der Waals surface area contributed by atoms with Gasteiger partial charge in [0.15, 0.2) is 0 Å². The predicted molar refractivity (Wildman–Crippen MR) is 57.9 cm³/mol. The zero-order chi connectivity index (χ0) is 10.7. The van der Waals surface area contributed by atoms with Crippen LogP contribution in [0.15, 0.2) is 23.8 Å². The summed E-state index contributed by atoms with van der Waals surface area (Å²) in [5.74, 6) is 0.613. The molecule has 0 aromatic rings. The lowest BCUT2D eigenvalue weighted by Crippen LogP contribution is -2.29. The normalized spacial score (nSPS) is 33.4. The van der Waals surface area contributed by atoms with Crippen LogP contribution in [-0.2, 0) is 0 Å². The molecule has 1 aliphatic carbocycles. The van der Waals surface area contributed by atoms with E-state index in [0.717, 1.165) is 24.0 Å². The highest BCUT2D eigenvalue weighted by Gasteiger charge is 2.30. The first kappa shape index (κ1) is 11.5. The SMILES string of the molecule is C=C1CCC(C(C)O)C(C)/C1=C/CO.